The number of carbonyl (C=O) groups excluding carboxylic acids is 2. The molecule has 2 atom stereocenters. The fraction of sp³-hybridized carbons (Fsp3) is 0.643. The summed E-state index contributed by atoms with van der Waals surface area (Å²) in [4.78, 5) is 38.6. The molecule has 0 saturated carbocycles. The Hall–Kier alpha value is -1.89. The molecule has 0 aromatic rings. The molecule has 21 heavy (non-hydrogen) atoms. The van der Waals surface area contributed by atoms with E-state index < -0.39 is 17.9 Å². The van der Waals surface area contributed by atoms with Crippen LogP contribution >= 0.6 is 0 Å². The van der Waals surface area contributed by atoms with E-state index in [0.29, 0.717) is 13.1 Å². The maximum atomic E-state index is 12.1. The van der Waals surface area contributed by atoms with Crippen molar-refractivity contribution in [3.05, 3.63) is 11.1 Å². The first-order valence-corrected chi connectivity index (χ1v) is 6.88. The van der Waals surface area contributed by atoms with E-state index in [-0.39, 0.29) is 23.2 Å². The van der Waals surface area contributed by atoms with Gasteiger partial charge in [-0.1, -0.05) is 0 Å². The largest absolute Gasteiger partial charge is 0.478 e. The van der Waals surface area contributed by atoms with Crippen molar-refractivity contribution >= 4 is 17.9 Å². The van der Waals surface area contributed by atoms with Gasteiger partial charge in [-0.15, -0.1) is 0 Å². The normalized spacial score (nSPS) is 24.3. The third-order valence-corrected chi connectivity index (χ3v) is 4.09. The minimum absolute atomic E-state index is 0.0334. The fourth-order valence-electron chi connectivity index (χ4n) is 2.17. The summed E-state index contributed by atoms with van der Waals surface area (Å²) in [5.41, 5.74) is -0.0357. The number of hydrogen-bond acceptors (Lipinski definition) is 4. The summed E-state index contributed by atoms with van der Waals surface area (Å²) < 4.78 is 0. The summed E-state index contributed by atoms with van der Waals surface area (Å²) in [7, 11) is 2.00. The summed E-state index contributed by atoms with van der Waals surface area (Å²) in [5.74, 6) is -1.84. The maximum Gasteiger partial charge on any atom is 0.331 e. The predicted octanol–water partition coefficient (Wildman–Crippen LogP) is 0.668. The van der Waals surface area contributed by atoms with Gasteiger partial charge in [-0.3, -0.25) is 15.0 Å². The Balaban J connectivity index is 2.72. The van der Waals surface area contributed by atoms with Gasteiger partial charge in [0.15, 0.2) is 0 Å². The molecular formula is C14H23N3O4. The van der Waals surface area contributed by atoms with Crippen LogP contribution < -0.4 is 5.32 Å². The van der Waals surface area contributed by atoms with Crippen molar-refractivity contribution in [3.8, 4) is 0 Å². The number of piperazine rings is 1. The number of carboxylic acid groups (broad SMARTS) is 1. The van der Waals surface area contributed by atoms with Crippen LogP contribution in [0.2, 0.25) is 0 Å². The first-order valence-electron chi connectivity index (χ1n) is 6.88. The topological polar surface area (TPSA) is 89.9 Å². The van der Waals surface area contributed by atoms with Crippen LogP contribution in [0.5, 0.6) is 0 Å². The SMILES string of the molecule is CC(C(=O)O)=C(C)C(=O)NC(=O)N1CC(C)N(C)C(C)C1. The van der Waals surface area contributed by atoms with Crippen molar-refractivity contribution in [2.75, 3.05) is 20.1 Å². The second kappa shape index (κ2) is 6.71. The average molecular weight is 297 g/mol. The Morgan fingerprint density at radius 2 is 1.52 bits per heavy atom. The minimum atomic E-state index is -1.17. The first kappa shape index (κ1) is 17.2. The van der Waals surface area contributed by atoms with Gasteiger partial charge in [0.1, 0.15) is 0 Å². The molecule has 1 aliphatic rings. The molecule has 7 nitrogen and oxygen atoms in total. The Morgan fingerprint density at radius 1 is 1.05 bits per heavy atom. The number of nitrogens with one attached hydrogen (secondary N) is 1. The van der Waals surface area contributed by atoms with Gasteiger partial charge in [-0.2, -0.15) is 0 Å². The molecular weight excluding hydrogens is 274 g/mol. The van der Waals surface area contributed by atoms with Gasteiger partial charge >= 0.3 is 12.0 Å². The monoisotopic (exact) mass is 297 g/mol. The van der Waals surface area contributed by atoms with Crippen molar-refractivity contribution in [3.63, 3.8) is 0 Å². The van der Waals surface area contributed by atoms with Crippen molar-refractivity contribution in [1.82, 2.24) is 15.1 Å². The zero-order chi connectivity index (χ0) is 16.3. The third-order valence-electron chi connectivity index (χ3n) is 4.09. The number of likely N-dealkylation sites (N-methyl/N-ethyl adjacent to an activating group) is 1. The molecule has 1 aliphatic heterocycles. The molecule has 0 aromatic heterocycles. The number of carboxylic acids is 1. The van der Waals surface area contributed by atoms with Crippen LogP contribution in [0.1, 0.15) is 27.7 Å². The average Bonchev–Trinajstić information content (AvgIpc) is 2.42. The van der Waals surface area contributed by atoms with E-state index in [1.807, 2.05) is 20.9 Å². The fourth-order valence-corrected chi connectivity index (χ4v) is 2.17. The van der Waals surface area contributed by atoms with Gasteiger partial charge in [-0.05, 0) is 34.7 Å². The van der Waals surface area contributed by atoms with Crippen molar-refractivity contribution < 1.29 is 19.5 Å². The van der Waals surface area contributed by atoms with E-state index in [2.05, 4.69) is 10.2 Å². The highest BCUT2D eigenvalue weighted by molar-refractivity contribution is 6.07. The van der Waals surface area contributed by atoms with Crippen molar-refractivity contribution in [1.29, 1.82) is 0 Å². The summed E-state index contributed by atoms with van der Waals surface area (Å²) in [5, 5.41) is 11.1. The molecule has 0 radical (unpaired) electrons. The summed E-state index contributed by atoms with van der Waals surface area (Å²) in [6.07, 6.45) is 0. The van der Waals surface area contributed by atoms with Gasteiger partial charge in [0.25, 0.3) is 5.91 Å². The second-order valence-corrected chi connectivity index (χ2v) is 5.58. The van der Waals surface area contributed by atoms with Crippen LogP contribution in [0.25, 0.3) is 0 Å². The quantitative estimate of drug-likeness (QED) is 0.731. The van der Waals surface area contributed by atoms with Crippen LogP contribution in [0.4, 0.5) is 4.79 Å². The molecule has 7 heteroatoms. The number of carbonyl (C=O) groups is 3. The van der Waals surface area contributed by atoms with Crippen LogP contribution in [0.15, 0.2) is 11.1 Å². The van der Waals surface area contributed by atoms with Crippen LogP contribution in [-0.2, 0) is 9.59 Å². The standard InChI is InChI=1S/C14H23N3O4/c1-8-6-17(7-9(2)16(8)5)14(21)15-12(18)10(3)11(4)13(19)20/h8-9H,6-7H2,1-5H3,(H,19,20)(H,15,18,21). The van der Waals surface area contributed by atoms with Crippen LogP contribution in [-0.4, -0.2) is 65.0 Å². The Bertz CT molecular complexity index is 475. The zero-order valence-electron chi connectivity index (χ0n) is 13.1. The lowest BCUT2D eigenvalue weighted by Gasteiger charge is -2.42. The first-order chi connectivity index (χ1) is 9.65. The molecule has 0 aromatic carbocycles. The van der Waals surface area contributed by atoms with E-state index in [0.717, 1.165) is 0 Å². The molecule has 1 rings (SSSR count). The van der Waals surface area contributed by atoms with Crippen LogP contribution in [0.3, 0.4) is 0 Å². The van der Waals surface area contributed by atoms with E-state index in [1.54, 1.807) is 4.90 Å². The van der Waals surface area contributed by atoms with E-state index >= 15 is 0 Å². The number of amides is 3. The van der Waals surface area contributed by atoms with E-state index in [1.165, 1.54) is 13.8 Å². The lowest BCUT2D eigenvalue weighted by Crippen LogP contribution is -2.58. The van der Waals surface area contributed by atoms with E-state index in [4.69, 9.17) is 5.11 Å². The van der Waals surface area contributed by atoms with Crippen LogP contribution in [0, 0.1) is 0 Å². The molecule has 3 amide bonds. The lowest BCUT2D eigenvalue weighted by atomic mass is 10.1. The zero-order valence-corrected chi connectivity index (χ0v) is 13.1. The summed E-state index contributed by atoms with van der Waals surface area (Å²) in [6, 6.07) is -0.0802. The lowest BCUT2D eigenvalue weighted by molar-refractivity contribution is -0.133. The molecule has 1 heterocycles. The molecule has 2 N–H and O–H groups in total. The van der Waals surface area contributed by atoms with Gasteiger partial charge in [-0.25, -0.2) is 9.59 Å². The predicted molar refractivity (Wildman–Crippen MR) is 77.8 cm³/mol. The highest BCUT2D eigenvalue weighted by Gasteiger charge is 2.30. The molecule has 0 aliphatic carbocycles. The highest BCUT2D eigenvalue weighted by Crippen LogP contribution is 2.13. The second-order valence-electron chi connectivity index (χ2n) is 5.58. The molecule has 0 bridgehead atoms. The molecule has 1 fully saturated rings. The Morgan fingerprint density at radius 3 is 1.95 bits per heavy atom. The Labute approximate surface area is 124 Å². The number of hydrogen-bond donors (Lipinski definition) is 2. The number of aliphatic carboxylic acids is 1. The smallest absolute Gasteiger partial charge is 0.331 e. The van der Waals surface area contributed by atoms with E-state index in [9.17, 15) is 14.4 Å². The molecule has 2 unspecified atom stereocenters. The number of rotatable bonds is 2. The molecule has 118 valence electrons. The van der Waals surface area contributed by atoms with Crippen molar-refractivity contribution in [2.45, 2.75) is 39.8 Å². The number of urea groups is 1. The molecule has 0 spiro atoms. The highest BCUT2D eigenvalue weighted by atomic mass is 16.4. The van der Waals surface area contributed by atoms with Gasteiger partial charge in [0.2, 0.25) is 0 Å². The minimum Gasteiger partial charge on any atom is -0.478 e. The van der Waals surface area contributed by atoms with Gasteiger partial charge in [0, 0.05) is 36.3 Å². The van der Waals surface area contributed by atoms with Crippen molar-refractivity contribution in [2.24, 2.45) is 0 Å². The third kappa shape index (κ3) is 4.04. The number of nitrogens with zero attached hydrogens (tertiary/aromatic N) is 2. The Kier molecular flexibility index (Phi) is 5.48. The van der Waals surface area contributed by atoms with Gasteiger partial charge < -0.3 is 10.0 Å². The number of imide groups is 1. The van der Waals surface area contributed by atoms with Gasteiger partial charge in [0.05, 0.1) is 0 Å². The molecule has 1 saturated heterocycles. The maximum absolute atomic E-state index is 12.1. The summed E-state index contributed by atoms with van der Waals surface area (Å²) in [6.45, 7) is 7.80. The summed E-state index contributed by atoms with van der Waals surface area (Å²) >= 11 is 0.